The van der Waals surface area contributed by atoms with Crippen molar-refractivity contribution < 1.29 is 14.1 Å². The van der Waals surface area contributed by atoms with Crippen molar-refractivity contribution in [1.82, 2.24) is 15.5 Å². The van der Waals surface area contributed by atoms with E-state index in [1.165, 1.54) is 6.33 Å². The van der Waals surface area contributed by atoms with Crippen LogP contribution in [0.4, 0.5) is 4.79 Å². The average Bonchev–Trinajstić information content (AvgIpc) is 2.62. The molecule has 0 atom stereocenters. The fourth-order valence-electron chi connectivity index (χ4n) is 1.37. The van der Waals surface area contributed by atoms with E-state index in [1.807, 2.05) is 34.6 Å². The number of nitrogens with zero attached hydrogens (tertiary/aromatic N) is 2. The third-order valence-corrected chi connectivity index (χ3v) is 2.21. The highest BCUT2D eigenvalue weighted by atomic mass is 16.6. The number of alkyl carbamates (subject to hydrolysis) is 1. The van der Waals surface area contributed by atoms with Gasteiger partial charge in [0, 0.05) is 12.0 Å². The molecule has 0 aliphatic carbocycles. The maximum absolute atomic E-state index is 11.7. The molecule has 1 aromatic heterocycles. The van der Waals surface area contributed by atoms with Gasteiger partial charge in [0.15, 0.2) is 6.33 Å². The normalized spacial score (nSPS) is 12.3. The summed E-state index contributed by atoms with van der Waals surface area (Å²) in [6, 6.07) is 0. The molecule has 0 radical (unpaired) electrons. The van der Waals surface area contributed by atoms with Crippen molar-refractivity contribution in [3.63, 3.8) is 0 Å². The topological polar surface area (TPSA) is 77.3 Å². The Bertz CT molecular complexity index is 380. The van der Waals surface area contributed by atoms with Gasteiger partial charge in [0.25, 0.3) is 0 Å². The van der Waals surface area contributed by atoms with Crippen LogP contribution in [0.5, 0.6) is 0 Å². The van der Waals surface area contributed by atoms with E-state index < -0.39 is 17.2 Å². The maximum atomic E-state index is 11.7. The zero-order valence-corrected chi connectivity index (χ0v) is 11.6. The van der Waals surface area contributed by atoms with Gasteiger partial charge in [0.1, 0.15) is 5.60 Å². The molecule has 18 heavy (non-hydrogen) atoms. The molecule has 0 bridgehead atoms. The van der Waals surface area contributed by atoms with E-state index in [2.05, 4.69) is 15.5 Å². The number of hydrogen-bond acceptors (Lipinski definition) is 5. The van der Waals surface area contributed by atoms with Gasteiger partial charge in [-0.05, 0) is 41.0 Å². The van der Waals surface area contributed by atoms with E-state index in [1.54, 1.807) is 0 Å². The van der Waals surface area contributed by atoms with Crippen LogP contribution >= 0.6 is 0 Å². The molecule has 0 saturated heterocycles. The fourth-order valence-corrected chi connectivity index (χ4v) is 1.37. The van der Waals surface area contributed by atoms with Crippen molar-refractivity contribution in [2.75, 3.05) is 0 Å². The number of hydrogen-bond donors (Lipinski definition) is 1. The first-order chi connectivity index (χ1) is 8.18. The Balaban J connectivity index is 2.41. The summed E-state index contributed by atoms with van der Waals surface area (Å²) in [7, 11) is 0. The van der Waals surface area contributed by atoms with E-state index in [9.17, 15) is 4.79 Å². The van der Waals surface area contributed by atoms with Gasteiger partial charge in [0.05, 0.1) is 0 Å². The second kappa shape index (κ2) is 5.37. The fraction of sp³-hybridized carbons (Fsp3) is 0.750. The molecule has 1 N–H and O–H groups in total. The molecule has 1 heterocycles. The van der Waals surface area contributed by atoms with Crippen molar-refractivity contribution in [3.8, 4) is 0 Å². The molecule has 102 valence electrons. The molecule has 0 saturated carbocycles. The van der Waals surface area contributed by atoms with Crippen LogP contribution in [-0.4, -0.2) is 27.4 Å². The summed E-state index contributed by atoms with van der Waals surface area (Å²) in [6.45, 7) is 9.34. The quantitative estimate of drug-likeness (QED) is 0.893. The smallest absolute Gasteiger partial charge is 0.408 e. The van der Waals surface area contributed by atoms with E-state index in [4.69, 9.17) is 9.26 Å². The van der Waals surface area contributed by atoms with Crippen LogP contribution in [0.2, 0.25) is 0 Å². The lowest BCUT2D eigenvalue weighted by Crippen LogP contribution is -2.46. The highest BCUT2D eigenvalue weighted by Gasteiger charge is 2.24. The number of aromatic nitrogens is 2. The van der Waals surface area contributed by atoms with Gasteiger partial charge in [-0.25, -0.2) is 4.79 Å². The van der Waals surface area contributed by atoms with Crippen LogP contribution in [0, 0.1) is 0 Å². The van der Waals surface area contributed by atoms with Gasteiger partial charge in [-0.2, -0.15) is 4.98 Å². The molecule has 6 nitrogen and oxygen atoms in total. The van der Waals surface area contributed by atoms with Crippen molar-refractivity contribution >= 4 is 6.09 Å². The van der Waals surface area contributed by atoms with Crippen LogP contribution in [0.1, 0.15) is 46.9 Å². The summed E-state index contributed by atoms with van der Waals surface area (Å²) >= 11 is 0. The summed E-state index contributed by atoms with van der Waals surface area (Å²) in [4.78, 5) is 15.6. The molecule has 0 aliphatic heterocycles. The molecule has 6 heteroatoms. The highest BCUT2D eigenvalue weighted by molar-refractivity contribution is 5.68. The van der Waals surface area contributed by atoms with Crippen LogP contribution in [0.25, 0.3) is 0 Å². The minimum absolute atomic E-state index is 0.392. The molecule has 0 unspecified atom stereocenters. The van der Waals surface area contributed by atoms with E-state index in [-0.39, 0.29) is 0 Å². The average molecular weight is 255 g/mol. The summed E-state index contributed by atoms with van der Waals surface area (Å²) < 4.78 is 10.1. The number of amides is 1. The number of rotatable bonds is 4. The third-order valence-electron chi connectivity index (χ3n) is 2.21. The number of aryl methyl sites for hydroxylation is 1. The zero-order chi connectivity index (χ0) is 13.8. The molecule has 1 aromatic rings. The van der Waals surface area contributed by atoms with E-state index >= 15 is 0 Å². The Morgan fingerprint density at radius 2 is 2.06 bits per heavy atom. The van der Waals surface area contributed by atoms with Crippen LogP contribution < -0.4 is 5.32 Å². The van der Waals surface area contributed by atoms with Crippen molar-refractivity contribution in [1.29, 1.82) is 0 Å². The molecule has 1 rings (SSSR count). The van der Waals surface area contributed by atoms with Gasteiger partial charge in [-0.1, -0.05) is 5.16 Å². The van der Waals surface area contributed by atoms with Gasteiger partial charge in [-0.3, -0.25) is 0 Å². The summed E-state index contributed by atoms with van der Waals surface area (Å²) in [6.07, 6.45) is 2.25. The number of carbonyl (C=O) groups is 1. The maximum Gasteiger partial charge on any atom is 0.408 e. The SMILES string of the molecule is CC(C)(CCc1ncno1)NC(=O)OC(C)(C)C. The highest BCUT2D eigenvalue weighted by Crippen LogP contribution is 2.14. The third kappa shape index (κ3) is 5.65. The molecule has 0 aromatic carbocycles. The van der Waals surface area contributed by atoms with Gasteiger partial charge >= 0.3 is 6.09 Å². The molecular formula is C12H21N3O3. The second-order valence-electron chi connectivity index (χ2n) is 5.85. The van der Waals surface area contributed by atoms with Crippen LogP contribution in [-0.2, 0) is 11.2 Å². The number of carbonyl (C=O) groups excluding carboxylic acids is 1. The first kappa shape index (κ1) is 14.5. The lowest BCUT2D eigenvalue weighted by molar-refractivity contribution is 0.0467. The number of nitrogens with one attached hydrogen (secondary N) is 1. The van der Waals surface area contributed by atoms with Crippen molar-refractivity contribution in [3.05, 3.63) is 12.2 Å². The minimum Gasteiger partial charge on any atom is -0.444 e. The van der Waals surface area contributed by atoms with E-state index in [0.29, 0.717) is 18.7 Å². The lowest BCUT2D eigenvalue weighted by atomic mass is 9.99. The Morgan fingerprint density at radius 3 is 2.56 bits per heavy atom. The molecule has 0 fully saturated rings. The molecule has 1 amide bonds. The Labute approximate surface area is 107 Å². The summed E-state index contributed by atoms with van der Waals surface area (Å²) in [5.74, 6) is 0.564. The minimum atomic E-state index is -0.493. The lowest BCUT2D eigenvalue weighted by Gasteiger charge is -2.28. The molecule has 0 spiro atoms. The largest absolute Gasteiger partial charge is 0.444 e. The first-order valence-electron chi connectivity index (χ1n) is 5.95. The van der Waals surface area contributed by atoms with Gasteiger partial charge in [0.2, 0.25) is 5.89 Å². The second-order valence-corrected chi connectivity index (χ2v) is 5.85. The zero-order valence-electron chi connectivity index (χ0n) is 11.6. The number of ether oxygens (including phenoxy) is 1. The Kier molecular flexibility index (Phi) is 4.32. The van der Waals surface area contributed by atoms with Crippen molar-refractivity contribution in [2.24, 2.45) is 0 Å². The predicted octanol–water partition coefficient (Wildman–Crippen LogP) is 2.31. The molecule has 0 aliphatic rings. The Hall–Kier alpha value is -1.59. The Morgan fingerprint density at radius 1 is 1.39 bits per heavy atom. The van der Waals surface area contributed by atoms with Crippen LogP contribution in [0.15, 0.2) is 10.9 Å². The molecular weight excluding hydrogens is 234 g/mol. The summed E-state index contributed by atoms with van der Waals surface area (Å²) in [5, 5.41) is 6.36. The monoisotopic (exact) mass is 255 g/mol. The first-order valence-corrected chi connectivity index (χ1v) is 5.95. The van der Waals surface area contributed by atoms with E-state index in [0.717, 1.165) is 0 Å². The van der Waals surface area contributed by atoms with Crippen molar-refractivity contribution in [2.45, 2.75) is 58.6 Å². The van der Waals surface area contributed by atoms with Gasteiger partial charge in [-0.15, -0.1) is 0 Å². The predicted molar refractivity (Wildman–Crippen MR) is 66.1 cm³/mol. The van der Waals surface area contributed by atoms with Gasteiger partial charge < -0.3 is 14.6 Å². The standard InChI is InChI=1S/C12H21N3O3/c1-11(2,3)17-10(16)15-12(4,5)7-6-9-13-8-14-18-9/h8H,6-7H2,1-5H3,(H,15,16). The van der Waals surface area contributed by atoms with Crippen LogP contribution in [0.3, 0.4) is 0 Å². The summed E-state index contributed by atoms with van der Waals surface area (Å²) in [5.41, 5.74) is -0.885.